The van der Waals surface area contributed by atoms with Gasteiger partial charge in [0.15, 0.2) is 0 Å². The third kappa shape index (κ3) is 3.47. The lowest BCUT2D eigenvalue weighted by atomic mass is 10.1. The van der Waals surface area contributed by atoms with Gasteiger partial charge in [0.05, 0.1) is 11.4 Å². The van der Waals surface area contributed by atoms with Crippen LogP contribution in [0.4, 0.5) is 11.4 Å². The highest BCUT2D eigenvalue weighted by molar-refractivity contribution is 9.10. The Hall–Kier alpha value is -1.38. The first-order valence-electron chi connectivity index (χ1n) is 7.60. The van der Waals surface area contributed by atoms with E-state index in [-0.39, 0.29) is 16.8 Å². The summed E-state index contributed by atoms with van der Waals surface area (Å²) in [6.07, 6.45) is 0.617. The van der Waals surface area contributed by atoms with Gasteiger partial charge in [-0.15, -0.1) is 0 Å². The lowest BCUT2D eigenvalue weighted by Crippen LogP contribution is -2.34. The summed E-state index contributed by atoms with van der Waals surface area (Å²) in [7, 11) is -3.88. The van der Waals surface area contributed by atoms with Crippen LogP contribution in [0.25, 0.3) is 0 Å². The Labute approximate surface area is 163 Å². The normalized spacial score (nSPS) is 16.6. The predicted molar refractivity (Wildman–Crippen MR) is 105 cm³/mol. The molecule has 1 heterocycles. The predicted octanol–water partition coefficient (Wildman–Crippen LogP) is 4.31. The number of carbonyl (C=O) groups is 1. The molecule has 5 nitrogen and oxygen atoms in total. The van der Waals surface area contributed by atoms with Crippen LogP contribution in [-0.4, -0.2) is 20.4 Å². The van der Waals surface area contributed by atoms with E-state index in [0.29, 0.717) is 26.7 Å². The van der Waals surface area contributed by atoms with Crippen LogP contribution >= 0.6 is 31.9 Å². The summed E-state index contributed by atoms with van der Waals surface area (Å²) in [5.41, 5.74) is 1.74. The van der Waals surface area contributed by atoms with Crippen LogP contribution in [0.3, 0.4) is 0 Å². The number of fused-ring (bicyclic) bond motifs is 1. The molecule has 0 saturated carbocycles. The van der Waals surface area contributed by atoms with Gasteiger partial charge in [-0.3, -0.25) is 9.52 Å². The molecule has 1 aliphatic heterocycles. The van der Waals surface area contributed by atoms with Crippen LogP contribution in [0.2, 0.25) is 0 Å². The lowest BCUT2D eigenvalue weighted by molar-refractivity contribution is -0.116. The topological polar surface area (TPSA) is 66.5 Å². The summed E-state index contributed by atoms with van der Waals surface area (Å²) in [4.78, 5) is 13.7. The van der Waals surface area contributed by atoms with Crippen LogP contribution < -0.4 is 9.62 Å². The van der Waals surface area contributed by atoms with Gasteiger partial charge < -0.3 is 4.90 Å². The van der Waals surface area contributed by atoms with Gasteiger partial charge in [0.1, 0.15) is 4.90 Å². The Morgan fingerprint density at radius 1 is 1.24 bits per heavy atom. The Morgan fingerprint density at radius 3 is 2.56 bits per heavy atom. The zero-order chi connectivity index (χ0) is 18.4. The molecular weight excluding hydrogens is 472 g/mol. The third-order valence-corrected chi connectivity index (χ3v) is 6.59. The van der Waals surface area contributed by atoms with Crippen LogP contribution in [0.1, 0.15) is 19.4 Å². The van der Waals surface area contributed by atoms with Gasteiger partial charge in [0.2, 0.25) is 5.91 Å². The Morgan fingerprint density at radius 2 is 1.92 bits per heavy atom. The molecule has 0 aliphatic carbocycles. The van der Waals surface area contributed by atoms with Crippen molar-refractivity contribution >= 4 is 59.2 Å². The molecule has 2 aromatic carbocycles. The summed E-state index contributed by atoms with van der Waals surface area (Å²) >= 11 is 6.72. The first kappa shape index (κ1) is 18.4. The minimum atomic E-state index is -3.88. The number of rotatable bonds is 3. The Balaban J connectivity index is 2.15. The van der Waals surface area contributed by atoms with E-state index in [4.69, 9.17) is 0 Å². The highest BCUT2D eigenvalue weighted by Gasteiger charge is 2.35. The van der Waals surface area contributed by atoms with Gasteiger partial charge >= 0.3 is 0 Å². The summed E-state index contributed by atoms with van der Waals surface area (Å²) in [5.74, 6) is -0.175. The number of nitrogens with zero attached hydrogens (tertiary/aromatic N) is 1. The van der Waals surface area contributed by atoms with E-state index < -0.39 is 10.0 Å². The second-order valence-corrected chi connectivity index (χ2v) is 9.36. The number of para-hydroxylation sites is 1. The van der Waals surface area contributed by atoms with Gasteiger partial charge in [-0.05, 0) is 59.1 Å². The van der Waals surface area contributed by atoms with E-state index in [1.165, 1.54) is 13.0 Å². The number of nitrogens with one attached hydrogen (secondary N) is 1. The number of amides is 1. The van der Waals surface area contributed by atoms with Crippen molar-refractivity contribution in [3.63, 3.8) is 0 Å². The number of anilines is 2. The second kappa shape index (κ2) is 6.74. The molecule has 1 atom stereocenters. The third-order valence-electron chi connectivity index (χ3n) is 4.06. The smallest absolute Gasteiger partial charge is 0.264 e. The van der Waals surface area contributed by atoms with Gasteiger partial charge in [-0.25, -0.2) is 8.42 Å². The maximum atomic E-state index is 13.0. The molecule has 2 aromatic rings. The molecule has 0 bridgehead atoms. The number of benzene rings is 2. The van der Waals surface area contributed by atoms with Crippen LogP contribution in [-0.2, 0) is 21.2 Å². The average Bonchev–Trinajstić information content (AvgIpc) is 2.84. The van der Waals surface area contributed by atoms with E-state index in [9.17, 15) is 13.2 Å². The van der Waals surface area contributed by atoms with Crippen LogP contribution in [0, 0.1) is 0 Å². The number of sulfonamides is 1. The summed E-state index contributed by atoms with van der Waals surface area (Å²) in [5, 5.41) is 0. The standard InChI is InChI=1S/C17H16Br2N2O3S/c1-10-7-12-8-13(18)9-16(17(12)21(10)11(2)22)25(23,24)20-15-6-4-3-5-14(15)19/h3-6,8-10,20H,7H2,1-2H3. The molecular formula is C17H16Br2N2O3S. The summed E-state index contributed by atoms with van der Waals surface area (Å²) in [6.45, 7) is 3.36. The van der Waals surface area contributed by atoms with Gasteiger partial charge in [0, 0.05) is 21.9 Å². The molecule has 25 heavy (non-hydrogen) atoms. The maximum Gasteiger partial charge on any atom is 0.264 e. The van der Waals surface area contributed by atoms with Crippen molar-refractivity contribution in [2.45, 2.75) is 31.2 Å². The summed E-state index contributed by atoms with van der Waals surface area (Å²) < 4.78 is 30.0. The van der Waals surface area contributed by atoms with Crippen molar-refractivity contribution in [2.75, 3.05) is 9.62 Å². The first-order valence-corrected chi connectivity index (χ1v) is 10.7. The quantitative estimate of drug-likeness (QED) is 0.701. The Bertz CT molecular complexity index is 960. The fourth-order valence-electron chi connectivity index (χ4n) is 3.10. The molecule has 1 N–H and O–H groups in total. The largest absolute Gasteiger partial charge is 0.308 e. The van der Waals surface area contributed by atoms with Gasteiger partial charge in [0.25, 0.3) is 10.0 Å². The minimum absolute atomic E-state index is 0.0841. The molecule has 1 amide bonds. The van der Waals surface area contributed by atoms with E-state index in [1.807, 2.05) is 13.0 Å². The van der Waals surface area contributed by atoms with Crippen molar-refractivity contribution in [3.05, 3.63) is 50.9 Å². The SMILES string of the molecule is CC(=O)N1c2c(cc(Br)cc2S(=O)(=O)Nc2ccccc2Br)CC1C. The molecule has 0 fully saturated rings. The highest BCUT2D eigenvalue weighted by atomic mass is 79.9. The number of hydrogen-bond donors (Lipinski definition) is 1. The molecule has 0 saturated heterocycles. The Kier molecular flexibility index (Phi) is 4.96. The molecule has 1 aliphatic rings. The van der Waals surface area contributed by atoms with Gasteiger partial charge in [-0.2, -0.15) is 0 Å². The maximum absolute atomic E-state index is 13.0. The molecule has 132 valence electrons. The van der Waals surface area contributed by atoms with E-state index in [0.717, 1.165) is 5.56 Å². The molecule has 0 aromatic heterocycles. The zero-order valence-corrected chi connectivity index (χ0v) is 17.6. The molecule has 8 heteroatoms. The van der Waals surface area contributed by atoms with Crippen LogP contribution in [0.5, 0.6) is 0 Å². The lowest BCUT2D eigenvalue weighted by Gasteiger charge is -2.23. The van der Waals surface area contributed by atoms with Crippen molar-refractivity contribution in [1.82, 2.24) is 0 Å². The average molecular weight is 488 g/mol. The first-order chi connectivity index (χ1) is 11.7. The fraction of sp³-hybridized carbons (Fsp3) is 0.235. The van der Waals surface area contributed by atoms with Crippen molar-refractivity contribution < 1.29 is 13.2 Å². The minimum Gasteiger partial charge on any atom is -0.308 e. The monoisotopic (exact) mass is 486 g/mol. The van der Waals surface area contributed by atoms with Crippen LogP contribution in [0.15, 0.2) is 50.2 Å². The van der Waals surface area contributed by atoms with Crippen molar-refractivity contribution in [2.24, 2.45) is 0 Å². The van der Waals surface area contributed by atoms with E-state index in [2.05, 4.69) is 36.6 Å². The number of hydrogen-bond acceptors (Lipinski definition) is 3. The van der Waals surface area contributed by atoms with Crippen molar-refractivity contribution in [3.8, 4) is 0 Å². The number of carbonyl (C=O) groups excluding carboxylic acids is 1. The van der Waals surface area contributed by atoms with E-state index >= 15 is 0 Å². The van der Waals surface area contributed by atoms with Gasteiger partial charge in [-0.1, -0.05) is 28.1 Å². The second-order valence-electron chi connectivity index (χ2n) is 5.94. The molecule has 0 radical (unpaired) electrons. The fourth-order valence-corrected chi connectivity index (χ4v) is 5.62. The van der Waals surface area contributed by atoms with E-state index in [1.54, 1.807) is 29.2 Å². The highest BCUT2D eigenvalue weighted by Crippen LogP contribution is 2.41. The van der Waals surface area contributed by atoms with Crippen molar-refractivity contribution in [1.29, 1.82) is 0 Å². The summed E-state index contributed by atoms with van der Waals surface area (Å²) in [6, 6.07) is 10.3. The number of halogens is 2. The zero-order valence-electron chi connectivity index (χ0n) is 13.6. The molecule has 3 rings (SSSR count). The molecule has 0 spiro atoms. The molecule has 1 unspecified atom stereocenters.